The van der Waals surface area contributed by atoms with Crippen molar-refractivity contribution in [2.75, 3.05) is 6.54 Å². The zero-order valence-corrected chi connectivity index (χ0v) is 9.81. The lowest BCUT2D eigenvalue weighted by molar-refractivity contribution is 0.160. The molecular formula is C11H22N2. The van der Waals surface area contributed by atoms with E-state index in [0.29, 0.717) is 0 Å². The summed E-state index contributed by atoms with van der Waals surface area (Å²) in [5, 5.41) is 6.88. The van der Waals surface area contributed by atoms with E-state index in [0.717, 1.165) is 13.0 Å². The second-order valence-corrected chi connectivity index (χ2v) is 5.84. The first-order valence-corrected chi connectivity index (χ1v) is 5.07. The molecule has 0 N–H and O–H groups in total. The SMILES string of the molecule is CC(C)(C)C1=NN(C(C)(C)C)CC1. The number of rotatable bonds is 0. The standard InChI is InChI=1S/C11H22N2/c1-10(2,3)9-7-8-13(12-9)11(4,5)6/h7-8H2,1-6H3. The van der Waals surface area contributed by atoms with Gasteiger partial charge in [-0.3, -0.25) is 5.01 Å². The van der Waals surface area contributed by atoms with Crippen molar-refractivity contribution in [2.24, 2.45) is 10.5 Å². The lowest BCUT2D eigenvalue weighted by Gasteiger charge is -2.30. The van der Waals surface area contributed by atoms with Gasteiger partial charge in [0.05, 0.1) is 0 Å². The molecule has 0 fully saturated rings. The van der Waals surface area contributed by atoms with Crippen LogP contribution in [0.15, 0.2) is 5.10 Å². The van der Waals surface area contributed by atoms with Crippen LogP contribution in [0.25, 0.3) is 0 Å². The van der Waals surface area contributed by atoms with Crippen LogP contribution in [0.2, 0.25) is 0 Å². The number of hydrazone groups is 1. The smallest absolute Gasteiger partial charge is 0.0495 e. The molecule has 1 heterocycles. The Hall–Kier alpha value is -0.530. The molecule has 0 spiro atoms. The molecule has 0 aromatic rings. The summed E-state index contributed by atoms with van der Waals surface area (Å²) >= 11 is 0. The highest BCUT2D eigenvalue weighted by Crippen LogP contribution is 2.27. The Labute approximate surface area is 82.0 Å². The fourth-order valence-corrected chi connectivity index (χ4v) is 1.47. The molecule has 0 amide bonds. The van der Waals surface area contributed by atoms with E-state index in [4.69, 9.17) is 0 Å². The molecule has 2 nitrogen and oxygen atoms in total. The van der Waals surface area contributed by atoms with Crippen molar-refractivity contribution in [1.29, 1.82) is 0 Å². The summed E-state index contributed by atoms with van der Waals surface area (Å²) in [5.74, 6) is 0. The summed E-state index contributed by atoms with van der Waals surface area (Å²) in [7, 11) is 0. The quantitative estimate of drug-likeness (QED) is 0.562. The largest absolute Gasteiger partial charge is 0.291 e. The second-order valence-electron chi connectivity index (χ2n) is 5.84. The molecular weight excluding hydrogens is 160 g/mol. The first kappa shape index (κ1) is 10.6. The van der Waals surface area contributed by atoms with Gasteiger partial charge in [-0.15, -0.1) is 0 Å². The third-order valence-corrected chi connectivity index (χ3v) is 2.44. The monoisotopic (exact) mass is 182 g/mol. The Bertz CT molecular complexity index is 215. The van der Waals surface area contributed by atoms with Crippen molar-refractivity contribution in [3.05, 3.63) is 0 Å². The van der Waals surface area contributed by atoms with Gasteiger partial charge in [0.25, 0.3) is 0 Å². The zero-order valence-electron chi connectivity index (χ0n) is 9.81. The van der Waals surface area contributed by atoms with E-state index in [-0.39, 0.29) is 11.0 Å². The van der Waals surface area contributed by atoms with E-state index in [1.54, 1.807) is 0 Å². The predicted molar refractivity (Wildman–Crippen MR) is 58.0 cm³/mol. The van der Waals surface area contributed by atoms with Crippen LogP contribution in [0.3, 0.4) is 0 Å². The van der Waals surface area contributed by atoms with E-state index in [1.165, 1.54) is 5.71 Å². The van der Waals surface area contributed by atoms with Crippen LogP contribution in [-0.2, 0) is 0 Å². The van der Waals surface area contributed by atoms with Crippen molar-refractivity contribution in [3.8, 4) is 0 Å². The molecule has 1 rings (SSSR count). The van der Waals surface area contributed by atoms with E-state index >= 15 is 0 Å². The first-order chi connectivity index (χ1) is 5.71. The normalized spacial score (nSPS) is 19.2. The number of nitrogens with zero attached hydrogens (tertiary/aromatic N) is 2. The lowest BCUT2D eigenvalue weighted by Crippen LogP contribution is -2.35. The average Bonchev–Trinajstić information content (AvgIpc) is 2.28. The molecule has 13 heavy (non-hydrogen) atoms. The summed E-state index contributed by atoms with van der Waals surface area (Å²) in [4.78, 5) is 0. The molecule has 2 heteroatoms. The van der Waals surface area contributed by atoms with E-state index < -0.39 is 0 Å². The minimum atomic E-state index is 0.174. The van der Waals surface area contributed by atoms with Gasteiger partial charge < -0.3 is 0 Å². The summed E-state index contributed by atoms with van der Waals surface area (Å²) in [6.07, 6.45) is 1.13. The summed E-state index contributed by atoms with van der Waals surface area (Å²) in [6, 6.07) is 0. The Balaban J connectivity index is 2.76. The van der Waals surface area contributed by atoms with Crippen LogP contribution in [0, 0.1) is 5.41 Å². The Morgan fingerprint density at radius 3 is 1.85 bits per heavy atom. The zero-order chi connectivity index (χ0) is 10.3. The van der Waals surface area contributed by atoms with Gasteiger partial charge >= 0.3 is 0 Å². The Kier molecular flexibility index (Phi) is 2.44. The third kappa shape index (κ3) is 2.45. The maximum absolute atomic E-state index is 4.68. The van der Waals surface area contributed by atoms with Gasteiger partial charge in [-0.1, -0.05) is 20.8 Å². The van der Waals surface area contributed by atoms with E-state index in [9.17, 15) is 0 Å². The molecule has 0 aliphatic carbocycles. The van der Waals surface area contributed by atoms with Gasteiger partial charge in [0.15, 0.2) is 0 Å². The van der Waals surface area contributed by atoms with Gasteiger partial charge in [0, 0.05) is 29.6 Å². The third-order valence-electron chi connectivity index (χ3n) is 2.44. The van der Waals surface area contributed by atoms with Gasteiger partial charge in [0.1, 0.15) is 0 Å². The van der Waals surface area contributed by atoms with Crippen molar-refractivity contribution < 1.29 is 0 Å². The molecule has 0 atom stereocenters. The molecule has 0 aromatic heterocycles. The second kappa shape index (κ2) is 3.00. The van der Waals surface area contributed by atoms with Crippen LogP contribution >= 0.6 is 0 Å². The molecule has 0 aromatic carbocycles. The Morgan fingerprint density at radius 1 is 1.08 bits per heavy atom. The maximum Gasteiger partial charge on any atom is 0.0495 e. The van der Waals surface area contributed by atoms with Crippen molar-refractivity contribution in [1.82, 2.24) is 5.01 Å². The van der Waals surface area contributed by atoms with Gasteiger partial charge in [-0.05, 0) is 20.8 Å². The molecule has 1 aliphatic rings. The van der Waals surface area contributed by atoms with Crippen molar-refractivity contribution >= 4 is 5.71 Å². The predicted octanol–water partition coefficient (Wildman–Crippen LogP) is 2.89. The summed E-state index contributed by atoms with van der Waals surface area (Å²) < 4.78 is 0. The molecule has 0 saturated carbocycles. The van der Waals surface area contributed by atoms with Crippen molar-refractivity contribution in [3.63, 3.8) is 0 Å². The van der Waals surface area contributed by atoms with Crippen LogP contribution < -0.4 is 0 Å². The highest BCUT2D eigenvalue weighted by Gasteiger charge is 2.29. The fraction of sp³-hybridized carbons (Fsp3) is 0.909. The molecule has 0 radical (unpaired) electrons. The maximum atomic E-state index is 4.68. The lowest BCUT2D eigenvalue weighted by atomic mass is 9.89. The van der Waals surface area contributed by atoms with Crippen LogP contribution in [0.4, 0.5) is 0 Å². The Morgan fingerprint density at radius 2 is 1.62 bits per heavy atom. The summed E-state index contributed by atoms with van der Waals surface area (Å²) in [5.41, 5.74) is 1.75. The first-order valence-electron chi connectivity index (χ1n) is 5.07. The highest BCUT2D eigenvalue weighted by molar-refractivity contribution is 5.90. The van der Waals surface area contributed by atoms with Gasteiger partial charge in [-0.25, -0.2) is 0 Å². The van der Waals surface area contributed by atoms with Crippen molar-refractivity contribution in [2.45, 2.75) is 53.5 Å². The molecule has 0 unspecified atom stereocenters. The van der Waals surface area contributed by atoms with E-state index in [1.807, 2.05) is 0 Å². The molecule has 0 saturated heterocycles. The van der Waals surface area contributed by atoms with E-state index in [2.05, 4.69) is 51.7 Å². The average molecular weight is 182 g/mol. The molecule has 76 valence electrons. The van der Waals surface area contributed by atoms with Gasteiger partial charge in [-0.2, -0.15) is 5.10 Å². The molecule has 0 bridgehead atoms. The number of hydrogen-bond acceptors (Lipinski definition) is 2. The highest BCUT2D eigenvalue weighted by atomic mass is 15.5. The summed E-state index contributed by atoms with van der Waals surface area (Å²) in [6.45, 7) is 14.4. The minimum absolute atomic E-state index is 0.174. The van der Waals surface area contributed by atoms with Crippen LogP contribution in [0.5, 0.6) is 0 Å². The van der Waals surface area contributed by atoms with Crippen LogP contribution in [0.1, 0.15) is 48.0 Å². The molecule has 1 aliphatic heterocycles. The van der Waals surface area contributed by atoms with Gasteiger partial charge in [0.2, 0.25) is 0 Å². The topological polar surface area (TPSA) is 15.6 Å². The van der Waals surface area contributed by atoms with Crippen LogP contribution in [-0.4, -0.2) is 22.8 Å². The number of hydrogen-bond donors (Lipinski definition) is 0. The minimum Gasteiger partial charge on any atom is -0.291 e. The fourth-order valence-electron chi connectivity index (χ4n) is 1.47.